The summed E-state index contributed by atoms with van der Waals surface area (Å²) in [6, 6.07) is 20.0. The van der Waals surface area contributed by atoms with Crippen molar-refractivity contribution in [2.24, 2.45) is 0 Å². The predicted octanol–water partition coefficient (Wildman–Crippen LogP) is 5.20. The molecule has 1 aliphatic heterocycles. The van der Waals surface area contributed by atoms with Crippen LogP contribution in [0.25, 0.3) is 0 Å². The molecular formula is C21H20BrN3O. The number of anilines is 1. The molecule has 2 amide bonds. The summed E-state index contributed by atoms with van der Waals surface area (Å²) in [4.78, 5) is 15.0. The van der Waals surface area contributed by atoms with Gasteiger partial charge in [-0.3, -0.25) is 0 Å². The van der Waals surface area contributed by atoms with Crippen molar-refractivity contribution in [2.45, 2.75) is 19.5 Å². The molecule has 3 aromatic rings. The number of urea groups is 1. The summed E-state index contributed by atoms with van der Waals surface area (Å²) in [5.74, 6) is 0. The van der Waals surface area contributed by atoms with Gasteiger partial charge in [0.25, 0.3) is 0 Å². The van der Waals surface area contributed by atoms with E-state index in [0.717, 1.165) is 33.5 Å². The zero-order valence-corrected chi connectivity index (χ0v) is 16.1. The second kappa shape index (κ2) is 7.00. The molecule has 4 nitrogen and oxygen atoms in total. The second-order valence-corrected chi connectivity index (χ2v) is 7.49. The fraction of sp³-hybridized carbons (Fsp3) is 0.190. The number of aryl methyl sites for hydroxylation is 1. The standard InChI is InChI=1S/C21H20BrN3O/c1-15-4-2-5-18(14-15)23-21(26)25-13-12-24-11-3-6-19(24)20(25)16-7-9-17(22)10-8-16/h2-11,14,20H,12-13H2,1H3,(H,23,26)/t20-/m0/s1. The van der Waals surface area contributed by atoms with Gasteiger partial charge in [-0.2, -0.15) is 0 Å². The summed E-state index contributed by atoms with van der Waals surface area (Å²) in [5, 5.41) is 3.06. The van der Waals surface area contributed by atoms with E-state index in [-0.39, 0.29) is 12.1 Å². The number of benzene rings is 2. The number of hydrogen-bond acceptors (Lipinski definition) is 1. The van der Waals surface area contributed by atoms with Gasteiger partial charge in [0.1, 0.15) is 0 Å². The van der Waals surface area contributed by atoms with E-state index in [1.807, 2.05) is 54.3 Å². The van der Waals surface area contributed by atoms with Gasteiger partial charge in [-0.1, -0.05) is 40.2 Å². The van der Waals surface area contributed by atoms with Crippen molar-refractivity contribution in [3.8, 4) is 0 Å². The first-order valence-corrected chi connectivity index (χ1v) is 9.46. The van der Waals surface area contributed by atoms with Gasteiger partial charge in [-0.15, -0.1) is 0 Å². The van der Waals surface area contributed by atoms with Crippen LogP contribution >= 0.6 is 15.9 Å². The Kier molecular flexibility index (Phi) is 4.55. The minimum Gasteiger partial charge on any atom is -0.348 e. The van der Waals surface area contributed by atoms with Crippen molar-refractivity contribution in [3.05, 3.63) is 88.2 Å². The van der Waals surface area contributed by atoms with Gasteiger partial charge in [0.05, 0.1) is 6.04 Å². The van der Waals surface area contributed by atoms with Crippen LogP contribution in [0, 0.1) is 6.92 Å². The van der Waals surface area contributed by atoms with E-state index in [1.165, 1.54) is 0 Å². The third-order valence-electron chi connectivity index (χ3n) is 4.75. The van der Waals surface area contributed by atoms with Crippen molar-refractivity contribution < 1.29 is 4.79 Å². The van der Waals surface area contributed by atoms with Gasteiger partial charge in [0.2, 0.25) is 0 Å². The highest BCUT2D eigenvalue weighted by molar-refractivity contribution is 9.10. The molecule has 0 unspecified atom stereocenters. The first-order valence-electron chi connectivity index (χ1n) is 8.66. The third kappa shape index (κ3) is 3.27. The zero-order chi connectivity index (χ0) is 18.1. The number of aromatic nitrogens is 1. The van der Waals surface area contributed by atoms with Crippen LogP contribution in [0.15, 0.2) is 71.3 Å². The van der Waals surface area contributed by atoms with E-state index in [0.29, 0.717) is 6.54 Å². The predicted molar refractivity (Wildman–Crippen MR) is 107 cm³/mol. The molecule has 1 N–H and O–H groups in total. The molecule has 1 atom stereocenters. The van der Waals surface area contributed by atoms with Crippen molar-refractivity contribution in [1.29, 1.82) is 0 Å². The summed E-state index contributed by atoms with van der Waals surface area (Å²) >= 11 is 3.49. The summed E-state index contributed by atoms with van der Waals surface area (Å²) in [6.07, 6.45) is 2.08. The van der Waals surface area contributed by atoms with Crippen LogP contribution in [-0.2, 0) is 6.54 Å². The van der Waals surface area contributed by atoms with E-state index < -0.39 is 0 Å². The van der Waals surface area contributed by atoms with Crippen LogP contribution in [-0.4, -0.2) is 22.0 Å². The lowest BCUT2D eigenvalue weighted by Crippen LogP contribution is -2.44. The monoisotopic (exact) mass is 409 g/mol. The van der Waals surface area contributed by atoms with Crippen LogP contribution in [0.5, 0.6) is 0 Å². The van der Waals surface area contributed by atoms with Crippen molar-refractivity contribution in [1.82, 2.24) is 9.47 Å². The number of fused-ring (bicyclic) bond motifs is 1. The van der Waals surface area contributed by atoms with Crippen LogP contribution < -0.4 is 5.32 Å². The fourth-order valence-electron chi connectivity index (χ4n) is 3.52. The molecule has 4 rings (SSSR count). The van der Waals surface area contributed by atoms with Crippen LogP contribution in [0.2, 0.25) is 0 Å². The summed E-state index contributed by atoms with van der Waals surface area (Å²) in [6.45, 7) is 3.49. The zero-order valence-electron chi connectivity index (χ0n) is 14.5. The second-order valence-electron chi connectivity index (χ2n) is 6.57. The molecule has 132 valence electrons. The van der Waals surface area contributed by atoms with Crippen molar-refractivity contribution in [2.75, 3.05) is 11.9 Å². The molecule has 0 saturated carbocycles. The summed E-state index contributed by atoms with van der Waals surface area (Å²) < 4.78 is 3.26. The smallest absolute Gasteiger partial charge is 0.322 e. The highest BCUT2D eigenvalue weighted by Gasteiger charge is 2.32. The molecule has 5 heteroatoms. The first-order chi connectivity index (χ1) is 12.6. The van der Waals surface area contributed by atoms with Gasteiger partial charge < -0.3 is 14.8 Å². The minimum atomic E-state index is -0.100. The molecule has 0 radical (unpaired) electrons. The molecule has 0 fully saturated rings. The highest BCUT2D eigenvalue weighted by atomic mass is 79.9. The molecule has 26 heavy (non-hydrogen) atoms. The molecule has 1 aromatic heterocycles. The molecule has 0 saturated heterocycles. The lowest BCUT2D eigenvalue weighted by Gasteiger charge is -2.37. The Morgan fingerprint density at radius 3 is 2.65 bits per heavy atom. The first kappa shape index (κ1) is 16.9. The third-order valence-corrected chi connectivity index (χ3v) is 5.28. The SMILES string of the molecule is Cc1cccc(NC(=O)N2CCn3cccc3[C@@H]2c2ccc(Br)cc2)c1. The Morgan fingerprint density at radius 2 is 1.88 bits per heavy atom. The average Bonchev–Trinajstić information content (AvgIpc) is 3.10. The maximum Gasteiger partial charge on any atom is 0.322 e. The Balaban J connectivity index is 1.67. The number of hydrogen-bond donors (Lipinski definition) is 1. The van der Waals surface area contributed by atoms with E-state index in [4.69, 9.17) is 0 Å². The Bertz CT molecular complexity index is 932. The topological polar surface area (TPSA) is 37.3 Å². The van der Waals surface area contributed by atoms with Gasteiger partial charge in [-0.25, -0.2) is 4.79 Å². The van der Waals surface area contributed by atoms with E-state index in [2.05, 4.69) is 50.2 Å². The summed E-state index contributed by atoms with van der Waals surface area (Å²) in [7, 11) is 0. The molecule has 0 spiro atoms. The Hall–Kier alpha value is -2.53. The molecule has 0 aliphatic carbocycles. The average molecular weight is 410 g/mol. The molecular weight excluding hydrogens is 390 g/mol. The minimum absolute atomic E-state index is 0.0732. The number of carbonyl (C=O) groups excluding carboxylic acids is 1. The number of amides is 2. The van der Waals surface area contributed by atoms with E-state index in [9.17, 15) is 4.79 Å². The van der Waals surface area contributed by atoms with Crippen LogP contribution in [0.4, 0.5) is 10.5 Å². The molecule has 2 heterocycles. The number of halogens is 1. The maximum absolute atomic E-state index is 13.1. The largest absolute Gasteiger partial charge is 0.348 e. The maximum atomic E-state index is 13.1. The fourth-order valence-corrected chi connectivity index (χ4v) is 3.78. The molecule has 0 bridgehead atoms. The van der Waals surface area contributed by atoms with Gasteiger partial charge in [0, 0.05) is 35.1 Å². The number of nitrogens with zero attached hydrogens (tertiary/aromatic N) is 2. The van der Waals surface area contributed by atoms with Crippen LogP contribution in [0.3, 0.4) is 0 Å². The number of rotatable bonds is 2. The van der Waals surface area contributed by atoms with E-state index >= 15 is 0 Å². The molecule has 1 aliphatic rings. The van der Waals surface area contributed by atoms with Crippen molar-refractivity contribution in [3.63, 3.8) is 0 Å². The van der Waals surface area contributed by atoms with Gasteiger partial charge in [0.15, 0.2) is 0 Å². The van der Waals surface area contributed by atoms with E-state index in [1.54, 1.807) is 0 Å². The number of nitrogens with one attached hydrogen (secondary N) is 1. The normalized spacial score (nSPS) is 16.2. The highest BCUT2D eigenvalue weighted by Crippen LogP contribution is 2.33. The lowest BCUT2D eigenvalue weighted by molar-refractivity contribution is 0.182. The van der Waals surface area contributed by atoms with Gasteiger partial charge >= 0.3 is 6.03 Å². The molecule has 2 aromatic carbocycles. The quantitative estimate of drug-likeness (QED) is 0.620. The Labute approximate surface area is 161 Å². The van der Waals surface area contributed by atoms with Crippen molar-refractivity contribution >= 4 is 27.6 Å². The van der Waals surface area contributed by atoms with Gasteiger partial charge in [-0.05, 0) is 54.4 Å². The summed E-state index contributed by atoms with van der Waals surface area (Å²) in [5.41, 5.74) is 4.19. The lowest BCUT2D eigenvalue weighted by atomic mass is 10.0. The van der Waals surface area contributed by atoms with Crippen LogP contribution in [0.1, 0.15) is 22.9 Å². The number of carbonyl (C=O) groups is 1. The Morgan fingerprint density at radius 1 is 1.08 bits per heavy atom.